The zero-order chi connectivity index (χ0) is 10.6. The molecule has 0 saturated carbocycles. The Bertz CT molecular complexity index is 124. The van der Waals surface area contributed by atoms with Gasteiger partial charge in [-0.05, 0) is 29.6 Å². The molecule has 0 aliphatic heterocycles. The van der Waals surface area contributed by atoms with Crippen LogP contribution in [0, 0.1) is 29.6 Å². The topological polar surface area (TPSA) is 0 Å². The average Bonchev–Trinajstić information content (AvgIpc) is 2.03. The molecule has 0 bridgehead atoms. The van der Waals surface area contributed by atoms with Crippen molar-refractivity contribution in [2.45, 2.75) is 54.9 Å². The molecule has 3 unspecified atom stereocenters. The molecular formula is C13H28. The van der Waals surface area contributed by atoms with Crippen LogP contribution in [0.3, 0.4) is 0 Å². The van der Waals surface area contributed by atoms with Gasteiger partial charge in [0.1, 0.15) is 0 Å². The van der Waals surface area contributed by atoms with Gasteiger partial charge in [-0.15, -0.1) is 0 Å². The van der Waals surface area contributed by atoms with E-state index >= 15 is 0 Å². The molecular weight excluding hydrogens is 156 g/mol. The molecule has 0 aliphatic rings. The van der Waals surface area contributed by atoms with Gasteiger partial charge in [0.2, 0.25) is 0 Å². The van der Waals surface area contributed by atoms with E-state index in [4.69, 9.17) is 0 Å². The maximum Gasteiger partial charge on any atom is -0.0365 e. The molecule has 0 heterocycles. The molecule has 0 aromatic carbocycles. The third-order valence-electron chi connectivity index (χ3n) is 3.88. The Kier molecular flexibility index (Phi) is 5.67. The first-order chi connectivity index (χ1) is 5.91. The fraction of sp³-hybridized carbons (Fsp3) is 1.00. The number of rotatable bonds is 5. The second kappa shape index (κ2) is 5.67. The zero-order valence-electron chi connectivity index (χ0n) is 10.6. The van der Waals surface area contributed by atoms with Crippen LogP contribution in [0.1, 0.15) is 54.9 Å². The highest BCUT2D eigenvalue weighted by Gasteiger charge is 2.25. The van der Waals surface area contributed by atoms with E-state index in [1.807, 2.05) is 0 Å². The second-order valence-electron chi connectivity index (χ2n) is 5.28. The highest BCUT2D eigenvalue weighted by molar-refractivity contribution is 4.74. The summed E-state index contributed by atoms with van der Waals surface area (Å²) >= 11 is 0. The van der Waals surface area contributed by atoms with Crippen molar-refractivity contribution in [3.63, 3.8) is 0 Å². The smallest absolute Gasteiger partial charge is 0.0365 e. The average molecular weight is 184 g/mol. The first-order valence-electron chi connectivity index (χ1n) is 5.91. The summed E-state index contributed by atoms with van der Waals surface area (Å²) in [5.41, 5.74) is 0. The Balaban J connectivity index is 4.27. The van der Waals surface area contributed by atoms with E-state index in [1.165, 1.54) is 6.42 Å². The minimum atomic E-state index is 0.822. The summed E-state index contributed by atoms with van der Waals surface area (Å²) in [6, 6.07) is 0. The van der Waals surface area contributed by atoms with Gasteiger partial charge < -0.3 is 0 Å². The van der Waals surface area contributed by atoms with Gasteiger partial charge in [-0.3, -0.25) is 0 Å². The van der Waals surface area contributed by atoms with Crippen molar-refractivity contribution in [3.05, 3.63) is 0 Å². The Morgan fingerprint density at radius 2 is 1.15 bits per heavy atom. The summed E-state index contributed by atoms with van der Waals surface area (Å²) in [7, 11) is 0. The van der Waals surface area contributed by atoms with Crippen LogP contribution >= 0.6 is 0 Å². The normalized spacial score (nSPS) is 19.2. The zero-order valence-corrected chi connectivity index (χ0v) is 10.6. The first kappa shape index (κ1) is 13.0. The molecule has 0 fully saturated rings. The van der Waals surface area contributed by atoms with Gasteiger partial charge in [0, 0.05) is 0 Å². The predicted octanol–water partition coefficient (Wildman–Crippen LogP) is 4.60. The van der Waals surface area contributed by atoms with Crippen molar-refractivity contribution in [2.24, 2.45) is 29.6 Å². The SMILES string of the molecule is CCC(C(C)C)C(C)C(C)C(C)C. The molecule has 0 aromatic heterocycles. The van der Waals surface area contributed by atoms with Crippen molar-refractivity contribution in [3.8, 4) is 0 Å². The largest absolute Gasteiger partial charge is 0.0651 e. The molecule has 0 nitrogen and oxygen atoms in total. The minimum absolute atomic E-state index is 0.822. The van der Waals surface area contributed by atoms with E-state index in [1.54, 1.807) is 0 Å². The monoisotopic (exact) mass is 184 g/mol. The third kappa shape index (κ3) is 3.70. The molecule has 0 radical (unpaired) electrons. The summed E-state index contributed by atoms with van der Waals surface area (Å²) in [6.45, 7) is 16.6. The molecule has 0 heteroatoms. The molecule has 0 aliphatic carbocycles. The van der Waals surface area contributed by atoms with E-state index in [9.17, 15) is 0 Å². The standard InChI is InChI=1S/C13H28/c1-8-13(10(4)5)12(7)11(6)9(2)3/h9-13H,8H2,1-7H3. The quantitative estimate of drug-likeness (QED) is 0.586. The molecule has 0 aromatic rings. The third-order valence-corrected chi connectivity index (χ3v) is 3.88. The molecule has 0 rings (SSSR count). The maximum absolute atomic E-state index is 2.43. The fourth-order valence-electron chi connectivity index (χ4n) is 2.45. The lowest BCUT2D eigenvalue weighted by Gasteiger charge is -2.33. The van der Waals surface area contributed by atoms with Crippen LogP contribution in [-0.4, -0.2) is 0 Å². The lowest BCUT2D eigenvalue weighted by molar-refractivity contribution is 0.165. The van der Waals surface area contributed by atoms with Crippen LogP contribution in [0.4, 0.5) is 0 Å². The summed E-state index contributed by atoms with van der Waals surface area (Å²) in [5, 5.41) is 0. The maximum atomic E-state index is 2.43. The lowest BCUT2D eigenvalue weighted by Crippen LogP contribution is -2.25. The van der Waals surface area contributed by atoms with Crippen molar-refractivity contribution >= 4 is 0 Å². The molecule has 13 heavy (non-hydrogen) atoms. The van der Waals surface area contributed by atoms with E-state index in [0.717, 1.165) is 29.6 Å². The molecule has 0 spiro atoms. The second-order valence-corrected chi connectivity index (χ2v) is 5.28. The van der Waals surface area contributed by atoms with Crippen LogP contribution < -0.4 is 0 Å². The van der Waals surface area contributed by atoms with Gasteiger partial charge in [0.25, 0.3) is 0 Å². The number of hydrogen-bond acceptors (Lipinski definition) is 0. The van der Waals surface area contributed by atoms with Crippen molar-refractivity contribution in [2.75, 3.05) is 0 Å². The van der Waals surface area contributed by atoms with Crippen LogP contribution in [0.15, 0.2) is 0 Å². The van der Waals surface area contributed by atoms with E-state index < -0.39 is 0 Å². The molecule has 0 amide bonds. The van der Waals surface area contributed by atoms with Crippen molar-refractivity contribution in [1.29, 1.82) is 0 Å². The molecule has 0 saturated heterocycles. The predicted molar refractivity (Wildman–Crippen MR) is 61.8 cm³/mol. The molecule has 3 atom stereocenters. The Morgan fingerprint density at radius 3 is 1.38 bits per heavy atom. The van der Waals surface area contributed by atoms with Crippen molar-refractivity contribution in [1.82, 2.24) is 0 Å². The van der Waals surface area contributed by atoms with E-state index in [2.05, 4.69) is 48.5 Å². The molecule has 0 N–H and O–H groups in total. The minimum Gasteiger partial charge on any atom is -0.0651 e. The highest BCUT2D eigenvalue weighted by Crippen LogP contribution is 2.32. The van der Waals surface area contributed by atoms with E-state index in [0.29, 0.717) is 0 Å². The van der Waals surface area contributed by atoms with Gasteiger partial charge in [-0.25, -0.2) is 0 Å². The Labute approximate surface area is 85.1 Å². The van der Waals surface area contributed by atoms with Crippen LogP contribution in [0.25, 0.3) is 0 Å². The summed E-state index contributed by atoms with van der Waals surface area (Å²) in [5.74, 6) is 4.28. The van der Waals surface area contributed by atoms with Crippen LogP contribution in [0.5, 0.6) is 0 Å². The Hall–Kier alpha value is 0. The van der Waals surface area contributed by atoms with Crippen LogP contribution in [0.2, 0.25) is 0 Å². The fourth-order valence-corrected chi connectivity index (χ4v) is 2.45. The highest BCUT2D eigenvalue weighted by atomic mass is 14.3. The first-order valence-corrected chi connectivity index (χ1v) is 5.91. The van der Waals surface area contributed by atoms with Gasteiger partial charge in [0.05, 0.1) is 0 Å². The lowest BCUT2D eigenvalue weighted by atomic mass is 9.73. The van der Waals surface area contributed by atoms with Gasteiger partial charge in [-0.2, -0.15) is 0 Å². The van der Waals surface area contributed by atoms with E-state index in [-0.39, 0.29) is 0 Å². The van der Waals surface area contributed by atoms with Crippen LogP contribution in [-0.2, 0) is 0 Å². The molecule has 80 valence electrons. The van der Waals surface area contributed by atoms with Gasteiger partial charge in [0.15, 0.2) is 0 Å². The Morgan fingerprint density at radius 1 is 0.692 bits per heavy atom. The van der Waals surface area contributed by atoms with Crippen molar-refractivity contribution < 1.29 is 0 Å². The summed E-state index contributed by atoms with van der Waals surface area (Å²) in [6.07, 6.45) is 1.33. The summed E-state index contributed by atoms with van der Waals surface area (Å²) in [4.78, 5) is 0. The number of hydrogen-bond donors (Lipinski definition) is 0. The van der Waals surface area contributed by atoms with Gasteiger partial charge in [-0.1, -0.05) is 54.9 Å². The summed E-state index contributed by atoms with van der Waals surface area (Å²) < 4.78 is 0. The van der Waals surface area contributed by atoms with Gasteiger partial charge >= 0.3 is 0 Å².